The van der Waals surface area contributed by atoms with E-state index in [1.165, 1.54) is 25.7 Å². The molecule has 0 unspecified atom stereocenters. The third-order valence-corrected chi connectivity index (χ3v) is 12.4. The molecule has 0 aromatic rings. The fraction of sp³-hybridized carbons (Fsp3) is 0.900. The Morgan fingerprint density at radius 1 is 1.06 bits per heavy atom. The Balaban J connectivity index is 1.41. The molecular weight excluding hydrogens is 408 g/mol. The molecule has 1 heterocycles. The molecule has 33 heavy (non-hydrogen) atoms. The van der Waals surface area contributed by atoms with E-state index in [1.807, 2.05) is 0 Å². The van der Waals surface area contributed by atoms with E-state index in [9.17, 15) is 9.90 Å². The van der Waals surface area contributed by atoms with Gasteiger partial charge < -0.3 is 9.84 Å². The summed E-state index contributed by atoms with van der Waals surface area (Å²) in [6.45, 7) is 18.7. The van der Waals surface area contributed by atoms with Crippen LogP contribution in [-0.4, -0.2) is 28.7 Å². The van der Waals surface area contributed by atoms with E-state index in [0.717, 1.165) is 25.7 Å². The Morgan fingerprint density at radius 2 is 1.73 bits per heavy atom. The lowest BCUT2D eigenvalue weighted by Gasteiger charge is -2.63. The van der Waals surface area contributed by atoms with E-state index < -0.39 is 0 Å². The summed E-state index contributed by atoms with van der Waals surface area (Å²) in [6.07, 6.45) is 11.1. The van der Waals surface area contributed by atoms with E-state index in [2.05, 4.69) is 61.5 Å². The molecule has 3 heteroatoms. The molecule has 5 rings (SSSR count). The summed E-state index contributed by atoms with van der Waals surface area (Å²) < 4.78 is 5.75. The number of aliphatic hydroxyl groups is 1. The highest BCUT2D eigenvalue weighted by molar-refractivity contribution is 5.85. The van der Waals surface area contributed by atoms with Crippen molar-refractivity contribution in [3.05, 3.63) is 11.6 Å². The number of rotatable bonds is 4. The quantitative estimate of drug-likeness (QED) is 0.377. The van der Waals surface area contributed by atoms with E-state index in [-0.39, 0.29) is 39.5 Å². The van der Waals surface area contributed by atoms with E-state index in [1.54, 1.807) is 5.57 Å². The van der Waals surface area contributed by atoms with Crippen molar-refractivity contribution >= 4 is 5.78 Å². The van der Waals surface area contributed by atoms with Gasteiger partial charge >= 0.3 is 0 Å². The normalized spacial score (nSPS) is 49.4. The van der Waals surface area contributed by atoms with Crippen LogP contribution in [0.25, 0.3) is 0 Å². The van der Waals surface area contributed by atoms with Crippen molar-refractivity contribution in [2.45, 2.75) is 125 Å². The SMILES string of the molecule is C[C@@H](C[C@@H](O)[C@@H]1OC1(C)C)[C@@H]1CC[C@]2(C)C3=CC[C@H]4C(C)(C)C(=O)CC[C@@]4(C)[C@@H]3CC[C@@]12C. The molecule has 3 nitrogen and oxygen atoms in total. The first-order valence-electron chi connectivity index (χ1n) is 13.8. The Kier molecular flexibility index (Phi) is 5.24. The molecule has 0 spiro atoms. The molecule has 0 aromatic carbocycles. The largest absolute Gasteiger partial charge is 0.390 e. The van der Waals surface area contributed by atoms with Crippen LogP contribution >= 0.6 is 0 Å². The molecule has 0 aromatic heterocycles. The molecule has 0 bridgehead atoms. The fourth-order valence-corrected chi connectivity index (χ4v) is 9.97. The van der Waals surface area contributed by atoms with E-state index in [4.69, 9.17) is 4.74 Å². The van der Waals surface area contributed by atoms with Gasteiger partial charge in [0.25, 0.3) is 0 Å². The minimum absolute atomic E-state index is 0.00609. The van der Waals surface area contributed by atoms with Crippen molar-refractivity contribution in [3.8, 4) is 0 Å². The van der Waals surface area contributed by atoms with Crippen LogP contribution in [0.3, 0.4) is 0 Å². The summed E-state index contributed by atoms with van der Waals surface area (Å²) >= 11 is 0. The highest BCUT2D eigenvalue weighted by atomic mass is 16.6. The third-order valence-electron chi connectivity index (χ3n) is 12.4. The number of allylic oxidation sites excluding steroid dienone is 2. The second-order valence-electron chi connectivity index (χ2n) is 14.5. The number of Topliss-reactive ketones (excluding diaryl/α,β-unsaturated/α-hetero) is 1. The number of hydrogen-bond donors (Lipinski definition) is 1. The van der Waals surface area contributed by atoms with Gasteiger partial charge in [-0.2, -0.15) is 0 Å². The molecule has 3 saturated carbocycles. The molecule has 0 amide bonds. The molecular formula is C30H48O3. The Labute approximate surface area is 202 Å². The van der Waals surface area contributed by atoms with Gasteiger partial charge in [-0.15, -0.1) is 0 Å². The maximum absolute atomic E-state index is 12.8. The molecule has 1 aliphatic heterocycles. The Morgan fingerprint density at radius 3 is 2.36 bits per heavy atom. The second kappa shape index (κ2) is 7.19. The molecule has 1 saturated heterocycles. The molecule has 4 aliphatic carbocycles. The summed E-state index contributed by atoms with van der Waals surface area (Å²) in [5.74, 6) is 2.73. The maximum atomic E-state index is 12.8. The molecule has 5 aliphatic rings. The predicted octanol–water partition coefficient (Wildman–Crippen LogP) is 6.73. The van der Waals surface area contributed by atoms with Gasteiger partial charge in [-0.3, -0.25) is 4.79 Å². The van der Waals surface area contributed by atoms with Crippen molar-refractivity contribution < 1.29 is 14.6 Å². The first-order chi connectivity index (χ1) is 15.2. The molecule has 0 radical (unpaired) electrons. The van der Waals surface area contributed by atoms with Crippen LogP contribution in [0.5, 0.6) is 0 Å². The summed E-state index contributed by atoms with van der Waals surface area (Å²) in [7, 11) is 0. The Hall–Kier alpha value is -0.670. The third kappa shape index (κ3) is 3.16. The second-order valence-corrected chi connectivity index (χ2v) is 14.5. The number of fused-ring (bicyclic) bond motifs is 5. The van der Waals surface area contributed by atoms with Gasteiger partial charge in [-0.05, 0) is 98.7 Å². The van der Waals surface area contributed by atoms with Crippen molar-refractivity contribution in [1.29, 1.82) is 0 Å². The predicted molar refractivity (Wildman–Crippen MR) is 133 cm³/mol. The van der Waals surface area contributed by atoms with Crippen LogP contribution in [0.2, 0.25) is 0 Å². The Bertz CT molecular complexity index is 870. The lowest BCUT2D eigenvalue weighted by atomic mass is 9.41. The number of epoxide rings is 1. The van der Waals surface area contributed by atoms with Crippen molar-refractivity contribution in [3.63, 3.8) is 0 Å². The standard InChI is InChI=1S/C30H48O3/c1-18(17-22(31)25-27(4,5)33-25)19-11-15-30(8)21-9-10-23-26(2,3)24(32)13-14-28(23,6)20(21)12-16-29(19,30)7/h9,18-20,22-23,25,31H,10-17H2,1-8H3/t18-,19-,20+,22+,23-,25-,28-,29-,30+/m0/s1. The zero-order valence-electron chi connectivity index (χ0n) is 22.5. The van der Waals surface area contributed by atoms with Gasteiger partial charge in [-0.1, -0.05) is 53.2 Å². The number of carbonyl (C=O) groups is 1. The zero-order chi connectivity index (χ0) is 24.2. The first kappa shape index (κ1) is 24.0. The summed E-state index contributed by atoms with van der Waals surface area (Å²) in [5, 5.41) is 10.9. The number of ketones is 1. The maximum Gasteiger partial charge on any atom is 0.138 e. The average molecular weight is 457 g/mol. The molecule has 4 fully saturated rings. The number of carbonyl (C=O) groups excluding carboxylic acids is 1. The minimum atomic E-state index is -0.350. The van der Waals surface area contributed by atoms with Crippen LogP contribution in [0.1, 0.15) is 107 Å². The summed E-state index contributed by atoms with van der Waals surface area (Å²) in [4.78, 5) is 12.8. The number of aliphatic hydroxyl groups excluding tert-OH is 1. The molecule has 9 atom stereocenters. The minimum Gasteiger partial charge on any atom is -0.390 e. The van der Waals surface area contributed by atoms with E-state index >= 15 is 0 Å². The van der Waals surface area contributed by atoms with Gasteiger partial charge in [0.1, 0.15) is 11.9 Å². The van der Waals surface area contributed by atoms with Crippen LogP contribution in [0.15, 0.2) is 11.6 Å². The van der Waals surface area contributed by atoms with Crippen LogP contribution in [0.4, 0.5) is 0 Å². The van der Waals surface area contributed by atoms with Gasteiger partial charge in [0, 0.05) is 11.8 Å². The van der Waals surface area contributed by atoms with Crippen molar-refractivity contribution in [2.75, 3.05) is 0 Å². The monoisotopic (exact) mass is 456 g/mol. The van der Waals surface area contributed by atoms with Crippen LogP contribution < -0.4 is 0 Å². The molecule has 186 valence electrons. The van der Waals surface area contributed by atoms with Gasteiger partial charge in [0.05, 0.1) is 11.7 Å². The van der Waals surface area contributed by atoms with Crippen molar-refractivity contribution in [1.82, 2.24) is 0 Å². The molecule has 1 N–H and O–H groups in total. The number of hydrogen-bond acceptors (Lipinski definition) is 3. The fourth-order valence-electron chi connectivity index (χ4n) is 9.97. The number of ether oxygens (including phenoxy) is 1. The first-order valence-corrected chi connectivity index (χ1v) is 13.8. The summed E-state index contributed by atoms with van der Waals surface area (Å²) in [5.41, 5.74) is 2.17. The van der Waals surface area contributed by atoms with Gasteiger partial charge in [0.15, 0.2) is 0 Å². The smallest absolute Gasteiger partial charge is 0.138 e. The highest BCUT2D eigenvalue weighted by Crippen LogP contribution is 2.73. The van der Waals surface area contributed by atoms with Gasteiger partial charge in [0.2, 0.25) is 0 Å². The lowest BCUT2D eigenvalue weighted by Crippen LogP contribution is -2.57. The van der Waals surface area contributed by atoms with Crippen LogP contribution in [0, 0.1) is 45.3 Å². The van der Waals surface area contributed by atoms with Crippen LogP contribution in [-0.2, 0) is 9.53 Å². The summed E-state index contributed by atoms with van der Waals surface area (Å²) in [6, 6.07) is 0. The van der Waals surface area contributed by atoms with Crippen molar-refractivity contribution in [2.24, 2.45) is 45.3 Å². The zero-order valence-corrected chi connectivity index (χ0v) is 22.5. The highest BCUT2D eigenvalue weighted by Gasteiger charge is 2.65. The topological polar surface area (TPSA) is 49.8 Å². The lowest BCUT2D eigenvalue weighted by molar-refractivity contribution is -0.146. The average Bonchev–Trinajstić information content (AvgIpc) is 3.26. The van der Waals surface area contributed by atoms with Gasteiger partial charge in [-0.25, -0.2) is 0 Å². The van der Waals surface area contributed by atoms with E-state index in [0.29, 0.717) is 29.5 Å².